The van der Waals surface area contributed by atoms with Crippen LogP contribution in [0.2, 0.25) is 0 Å². The highest BCUT2D eigenvalue weighted by Crippen LogP contribution is 2.60. The maximum Gasteiger partial charge on any atom is 0.0770 e. The third-order valence-corrected chi connectivity index (χ3v) is 8.36. The van der Waals surface area contributed by atoms with Crippen molar-refractivity contribution in [1.29, 1.82) is 0 Å². The first kappa shape index (κ1) is 18.6. The number of hydrogen-bond donors (Lipinski definition) is 0. The Morgan fingerprint density at radius 3 is 2.25 bits per heavy atom. The first-order valence-corrected chi connectivity index (χ1v) is 12.5. The van der Waals surface area contributed by atoms with Crippen LogP contribution in [0.15, 0.2) is 121 Å². The first-order valence-electron chi connectivity index (χ1n) is 12.5. The molecule has 0 saturated carbocycles. The summed E-state index contributed by atoms with van der Waals surface area (Å²) in [4.78, 5) is 5.28. The number of pyridine rings is 1. The molecule has 0 fully saturated rings. The van der Waals surface area contributed by atoms with Gasteiger partial charge in [-0.3, -0.25) is 0 Å². The Kier molecular flexibility index (Phi) is 3.26. The molecule has 1 aliphatic heterocycles. The van der Waals surface area contributed by atoms with Gasteiger partial charge in [-0.05, 0) is 46.5 Å². The lowest BCUT2D eigenvalue weighted by Gasteiger charge is -2.39. The van der Waals surface area contributed by atoms with Crippen molar-refractivity contribution in [2.24, 2.45) is 0 Å². The van der Waals surface area contributed by atoms with Gasteiger partial charge in [0, 0.05) is 21.7 Å². The first-order chi connectivity index (χ1) is 17.9. The fraction of sp³-hybridized carbons (Fsp3) is 0.0294. The van der Waals surface area contributed by atoms with Crippen LogP contribution in [0.4, 0.5) is 0 Å². The summed E-state index contributed by atoms with van der Waals surface area (Å²) in [5.41, 5.74) is 12.0. The third-order valence-electron chi connectivity index (χ3n) is 8.36. The van der Waals surface area contributed by atoms with Crippen LogP contribution in [0.1, 0.15) is 22.3 Å². The summed E-state index contributed by atoms with van der Waals surface area (Å²) in [6, 6.07) is 44.4. The van der Waals surface area contributed by atoms with Crippen LogP contribution in [0.25, 0.3) is 49.7 Å². The van der Waals surface area contributed by atoms with Gasteiger partial charge in [-0.15, -0.1) is 0 Å². The lowest BCUT2D eigenvalue weighted by atomic mass is 9.65. The Balaban J connectivity index is 1.58. The summed E-state index contributed by atoms with van der Waals surface area (Å²) in [6.45, 7) is 0. The third kappa shape index (κ3) is 1.97. The van der Waals surface area contributed by atoms with Crippen LogP contribution in [-0.2, 0) is 5.41 Å². The van der Waals surface area contributed by atoms with Gasteiger partial charge in [0.25, 0.3) is 0 Å². The highest BCUT2D eigenvalue weighted by Gasteiger charge is 2.51. The number of hydrogen-bond acceptors (Lipinski definition) is 1. The Labute approximate surface area is 208 Å². The molecule has 1 atom stereocenters. The van der Waals surface area contributed by atoms with E-state index in [-0.39, 0.29) is 0 Å². The van der Waals surface area contributed by atoms with Crippen LogP contribution >= 0.6 is 0 Å². The average Bonchev–Trinajstić information content (AvgIpc) is 3.42. The molecule has 1 spiro atoms. The van der Waals surface area contributed by atoms with E-state index >= 15 is 0 Å². The van der Waals surface area contributed by atoms with Crippen molar-refractivity contribution in [3.05, 3.63) is 144 Å². The van der Waals surface area contributed by atoms with E-state index in [2.05, 4.69) is 126 Å². The van der Waals surface area contributed by atoms with E-state index in [9.17, 15) is 0 Å². The smallest absolute Gasteiger partial charge is 0.0770 e. The Morgan fingerprint density at radius 1 is 0.556 bits per heavy atom. The van der Waals surface area contributed by atoms with Gasteiger partial charge in [-0.25, -0.2) is 4.98 Å². The molecular formula is C34H20N2. The molecule has 166 valence electrons. The molecule has 2 nitrogen and oxygen atoms in total. The van der Waals surface area contributed by atoms with Crippen LogP contribution in [-0.4, -0.2) is 9.55 Å². The van der Waals surface area contributed by atoms with Crippen molar-refractivity contribution in [1.82, 2.24) is 9.55 Å². The molecule has 0 saturated heterocycles. The van der Waals surface area contributed by atoms with Gasteiger partial charge in [0.1, 0.15) is 0 Å². The summed E-state index contributed by atoms with van der Waals surface area (Å²) < 4.78 is 2.48. The molecule has 0 radical (unpaired) electrons. The molecule has 7 aromatic rings. The van der Waals surface area contributed by atoms with E-state index in [1.54, 1.807) is 0 Å². The highest BCUT2D eigenvalue weighted by molar-refractivity contribution is 6.12. The Hall–Kier alpha value is -4.69. The molecule has 5 aromatic carbocycles. The van der Waals surface area contributed by atoms with Gasteiger partial charge < -0.3 is 4.57 Å². The van der Waals surface area contributed by atoms with Crippen LogP contribution in [0.5, 0.6) is 0 Å². The van der Waals surface area contributed by atoms with Gasteiger partial charge in [0.05, 0.1) is 33.3 Å². The van der Waals surface area contributed by atoms with Gasteiger partial charge in [-0.2, -0.15) is 0 Å². The number of fused-ring (bicyclic) bond motifs is 13. The van der Waals surface area contributed by atoms with Crippen molar-refractivity contribution >= 4 is 32.7 Å². The summed E-state index contributed by atoms with van der Waals surface area (Å²) in [7, 11) is 0. The van der Waals surface area contributed by atoms with Crippen molar-refractivity contribution < 1.29 is 0 Å². The van der Waals surface area contributed by atoms with Crippen LogP contribution < -0.4 is 0 Å². The summed E-state index contributed by atoms with van der Waals surface area (Å²) in [5, 5.41) is 3.78. The molecule has 1 unspecified atom stereocenters. The molecule has 2 heteroatoms. The van der Waals surface area contributed by atoms with Crippen molar-refractivity contribution in [3.8, 4) is 16.9 Å². The molecule has 3 heterocycles. The number of rotatable bonds is 0. The topological polar surface area (TPSA) is 17.8 Å². The number of aromatic nitrogens is 2. The molecule has 0 amide bonds. The lowest BCUT2D eigenvalue weighted by molar-refractivity contribution is 0.748. The van der Waals surface area contributed by atoms with Gasteiger partial charge in [0.2, 0.25) is 0 Å². The molecule has 2 aromatic heterocycles. The second kappa shape index (κ2) is 6.30. The number of para-hydroxylation sites is 4. The van der Waals surface area contributed by atoms with Gasteiger partial charge >= 0.3 is 0 Å². The van der Waals surface area contributed by atoms with Crippen molar-refractivity contribution in [2.45, 2.75) is 5.41 Å². The van der Waals surface area contributed by atoms with Crippen molar-refractivity contribution in [2.75, 3.05) is 0 Å². The van der Waals surface area contributed by atoms with E-state index in [1.807, 2.05) is 0 Å². The van der Waals surface area contributed by atoms with Crippen LogP contribution in [0, 0.1) is 0 Å². The lowest BCUT2D eigenvalue weighted by Crippen LogP contribution is -2.33. The molecular weight excluding hydrogens is 436 g/mol. The zero-order valence-corrected chi connectivity index (χ0v) is 19.4. The molecule has 2 aliphatic rings. The normalized spacial score (nSPS) is 17.0. The zero-order chi connectivity index (χ0) is 23.4. The van der Waals surface area contributed by atoms with E-state index in [1.165, 1.54) is 60.7 Å². The predicted octanol–water partition coefficient (Wildman–Crippen LogP) is 8.01. The quantitative estimate of drug-likeness (QED) is 0.226. The largest absolute Gasteiger partial charge is 0.309 e. The SMILES string of the molecule is c1ccc2c(c1)-c1nc3ccccc3cc1C21c2ccccc2-n2c3ccccc3c3cccc1c32. The van der Waals surface area contributed by atoms with Crippen LogP contribution in [0.3, 0.4) is 0 Å². The average molecular weight is 457 g/mol. The standard InChI is InChI=1S/C34H20N2/c1-6-17-29-21(10-1)20-28-32(35-29)24-12-2-4-14-25(24)34(28)26-15-5-8-19-31(26)36-30-18-7-3-11-22(30)23-13-9-16-27(34)33(23)36/h1-20H. The van der Waals surface area contributed by atoms with Gasteiger partial charge in [0.15, 0.2) is 0 Å². The summed E-state index contributed by atoms with van der Waals surface area (Å²) in [5.74, 6) is 0. The monoisotopic (exact) mass is 456 g/mol. The Bertz CT molecular complexity index is 2060. The van der Waals surface area contributed by atoms with E-state index in [0.29, 0.717) is 0 Å². The number of nitrogens with zero attached hydrogens (tertiary/aromatic N) is 2. The summed E-state index contributed by atoms with van der Waals surface area (Å²) in [6.07, 6.45) is 0. The molecule has 0 bridgehead atoms. The summed E-state index contributed by atoms with van der Waals surface area (Å²) >= 11 is 0. The molecule has 36 heavy (non-hydrogen) atoms. The Morgan fingerprint density at radius 2 is 1.28 bits per heavy atom. The minimum absolute atomic E-state index is 0.427. The van der Waals surface area contributed by atoms with E-state index < -0.39 is 5.41 Å². The molecule has 0 N–H and O–H groups in total. The number of benzene rings is 5. The maximum absolute atomic E-state index is 5.28. The highest BCUT2D eigenvalue weighted by atomic mass is 15.0. The predicted molar refractivity (Wildman–Crippen MR) is 147 cm³/mol. The minimum atomic E-state index is -0.427. The van der Waals surface area contributed by atoms with E-state index in [0.717, 1.165) is 11.2 Å². The fourth-order valence-corrected chi connectivity index (χ4v) is 7.05. The zero-order valence-electron chi connectivity index (χ0n) is 19.4. The molecule has 9 rings (SSSR count). The fourth-order valence-electron chi connectivity index (χ4n) is 7.05. The van der Waals surface area contributed by atoms with Crippen molar-refractivity contribution in [3.63, 3.8) is 0 Å². The minimum Gasteiger partial charge on any atom is -0.309 e. The molecule has 1 aliphatic carbocycles. The maximum atomic E-state index is 5.28. The van der Waals surface area contributed by atoms with Gasteiger partial charge in [-0.1, -0.05) is 97.1 Å². The second-order valence-corrected chi connectivity index (χ2v) is 9.94. The second-order valence-electron chi connectivity index (χ2n) is 9.94. The van der Waals surface area contributed by atoms with E-state index in [4.69, 9.17) is 4.98 Å².